The summed E-state index contributed by atoms with van der Waals surface area (Å²) in [5.74, 6) is -1.60. The molecule has 1 aliphatic rings. The first-order valence-corrected chi connectivity index (χ1v) is 7.76. The molecule has 1 aromatic rings. The quantitative estimate of drug-likeness (QED) is 0.748. The van der Waals surface area contributed by atoms with E-state index in [1.807, 2.05) is 0 Å². The van der Waals surface area contributed by atoms with Crippen molar-refractivity contribution in [3.05, 3.63) is 34.9 Å². The maximum Gasteiger partial charge on any atom is 0.304 e. The van der Waals surface area contributed by atoms with E-state index in [0.29, 0.717) is 17.1 Å². The van der Waals surface area contributed by atoms with Gasteiger partial charge in [0.15, 0.2) is 5.78 Å². The van der Waals surface area contributed by atoms with Gasteiger partial charge in [-0.1, -0.05) is 11.6 Å². The monoisotopic (exact) mass is 396 g/mol. The number of halogens is 3. The van der Waals surface area contributed by atoms with Crippen molar-refractivity contribution >= 4 is 48.2 Å². The molecule has 1 aromatic carbocycles. The summed E-state index contributed by atoms with van der Waals surface area (Å²) in [7, 11) is 2.06. The number of carboxylic acids is 1. The Labute approximate surface area is 159 Å². The molecule has 1 atom stereocenters. The molecular weight excluding hydrogens is 375 g/mol. The van der Waals surface area contributed by atoms with Crippen LogP contribution in [0.25, 0.3) is 0 Å². The van der Waals surface area contributed by atoms with Crippen molar-refractivity contribution in [3.63, 3.8) is 0 Å². The van der Waals surface area contributed by atoms with Gasteiger partial charge in [0.1, 0.15) is 0 Å². The van der Waals surface area contributed by atoms with E-state index in [1.165, 1.54) is 0 Å². The van der Waals surface area contributed by atoms with Crippen molar-refractivity contribution in [3.8, 4) is 0 Å². The van der Waals surface area contributed by atoms with Crippen molar-refractivity contribution in [2.75, 3.05) is 39.8 Å². The van der Waals surface area contributed by atoms with Gasteiger partial charge in [-0.25, -0.2) is 0 Å². The van der Waals surface area contributed by atoms with Crippen molar-refractivity contribution in [2.24, 2.45) is 5.92 Å². The fourth-order valence-electron chi connectivity index (χ4n) is 2.64. The van der Waals surface area contributed by atoms with E-state index in [0.717, 1.165) is 26.2 Å². The van der Waals surface area contributed by atoms with E-state index in [-0.39, 0.29) is 37.0 Å². The van der Waals surface area contributed by atoms with Gasteiger partial charge >= 0.3 is 5.97 Å². The third kappa shape index (κ3) is 6.95. The molecule has 8 heteroatoms. The topological polar surface area (TPSA) is 60.9 Å². The number of piperazine rings is 1. The maximum absolute atomic E-state index is 12.6. The van der Waals surface area contributed by atoms with Crippen LogP contribution in [0.5, 0.6) is 0 Å². The Kier molecular flexibility index (Phi) is 10.5. The van der Waals surface area contributed by atoms with E-state index in [1.54, 1.807) is 24.3 Å². The minimum absolute atomic E-state index is 0. The van der Waals surface area contributed by atoms with Gasteiger partial charge in [0, 0.05) is 49.2 Å². The van der Waals surface area contributed by atoms with Crippen LogP contribution in [0.15, 0.2) is 24.3 Å². The third-order valence-electron chi connectivity index (χ3n) is 4.00. The predicted molar refractivity (Wildman–Crippen MR) is 100.0 cm³/mol. The van der Waals surface area contributed by atoms with Crippen LogP contribution in [0.1, 0.15) is 16.8 Å². The second kappa shape index (κ2) is 10.9. The summed E-state index contributed by atoms with van der Waals surface area (Å²) >= 11 is 5.83. The molecule has 1 unspecified atom stereocenters. The summed E-state index contributed by atoms with van der Waals surface area (Å²) in [6.07, 6.45) is -0.145. The van der Waals surface area contributed by atoms with Gasteiger partial charge in [0.2, 0.25) is 0 Å². The Balaban J connectivity index is 0.00000264. The SMILES string of the molecule is CN1CCN(CC(CC(=O)O)C(=O)c2ccc(Cl)cc2)CC1.Cl.Cl. The van der Waals surface area contributed by atoms with Gasteiger partial charge in [-0.3, -0.25) is 9.59 Å². The number of carboxylic acid groups (broad SMARTS) is 1. The summed E-state index contributed by atoms with van der Waals surface area (Å²) in [5, 5.41) is 9.66. The van der Waals surface area contributed by atoms with Gasteiger partial charge < -0.3 is 14.9 Å². The van der Waals surface area contributed by atoms with E-state index in [2.05, 4.69) is 16.8 Å². The van der Waals surface area contributed by atoms with Crippen molar-refractivity contribution in [1.82, 2.24) is 9.80 Å². The van der Waals surface area contributed by atoms with E-state index in [9.17, 15) is 9.59 Å². The lowest BCUT2D eigenvalue weighted by Gasteiger charge is -2.34. The number of carbonyl (C=O) groups excluding carboxylic acids is 1. The number of Topliss-reactive ketones (excluding diaryl/α,β-unsaturated/α-hetero) is 1. The Hall–Kier alpha value is -0.850. The molecule has 0 aliphatic carbocycles. The molecule has 1 saturated heterocycles. The first kappa shape index (κ1) is 23.1. The predicted octanol–water partition coefficient (Wildman–Crippen LogP) is 2.70. The second-order valence-electron chi connectivity index (χ2n) is 5.77. The number of benzene rings is 1. The molecule has 0 aromatic heterocycles. The molecule has 0 amide bonds. The summed E-state index contributed by atoms with van der Waals surface area (Å²) < 4.78 is 0. The van der Waals surface area contributed by atoms with Gasteiger partial charge in [-0.2, -0.15) is 0 Å². The second-order valence-corrected chi connectivity index (χ2v) is 6.21. The fraction of sp³-hybridized carbons (Fsp3) is 0.500. The average molecular weight is 398 g/mol. The van der Waals surface area contributed by atoms with Crippen LogP contribution in [-0.4, -0.2) is 66.4 Å². The normalized spacial score (nSPS) is 16.6. The first-order valence-electron chi connectivity index (χ1n) is 7.38. The lowest BCUT2D eigenvalue weighted by molar-refractivity contribution is -0.137. The molecular formula is C16H23Cl3N2O3. The fourth-order valence-corrected chi connectivity index (χ4v) is 2.77. The smallest absolute Gasteiger partial charge is 0.304 e. The van der Waals surface area contributed by atoms with Gasteiger partial charge in [0.05, 0.1) is 6.42 Å². The van der Waals surface area contributed by atoms with Crippen molar-refractivity contribution in [2.45, 2.75) is 6.42 Å². The number of carbonyl (C=O) groups is 2. The molecule has 24 heavy (non-hydrogen) atoms. The minimum atomic E-state index is -0.943. The van der Waals surface area contributed by atoms with E-state index in [4.69, 9.17) is 16.7 Å². The van der Waals surface area contributed by atoms with Crippen LogP contribution in [0.3, 0.4) is 0 Å². The highest BCUT2D eigenvalue weighted by atomic mass is 35.5. The van der Waals surface area contributed by atoms with Crippen LogP contribution in [0.2, 0.25) is 5.02 Å². The maximum atomic E-state index is 12.6. The summed E-state index contributed by atoms with van der Waals surface area (Å²) in [6, 6.07) is 6.62. The lowest BCUT2D eigenvalue weighted by atomic mass is 9.93. The van der Waals surface area contributed by atoms with Crippen LogP contribution in [0, 0.1) is 5.92 Å². The van der Waals surface area contributed by atoms with Gasteiger partial charge in [-0.15, -0.1) is 24.8 Å². The number of ketones is 1. The van der Waals surface area contributed by atoms with E-state index < -0.39 is 11.9 Å². The standard InChI is InChI=1S/C16H21ClN2O3.2ClH/c1-18-6-8-19(9-7-18)11-13(10-15(20)21)16(22)12-2-4-14(17)5-3-12;;/h2-5,13H,6-11H2,1H3,(H,20,21);2*1H. The molecule has 0 radical (unpaired) electrons. The summed E-state index contributed by atoms with van der Waals surface area (Å²) in [6.45, 7) is 4.09. The molecule has 136 valence electrons. The Morgan fingerprint density at radius 1 is 1.12 bits per heavy atom. The summed E-state index contributed by atoms with van der Waals surface area (Å²) in [5.41, 5.74) is 0.518. The number of nitrogens with zero attached hydrogens (tertiary/aromatic N) is 2. The Morgan fingerprint density at radius 2 is 1.67 bits per heavy atom. The van der Waals surface area contributed by atoms with Crippen LogP contribution < -0.4 is 0 Å². The molecule has 1 fully saturated rings. The van der Waals surface area contributed by atoms with Crippen molar-refractivity contribution in [1.29, 1.82) is 0 Å². The largest absolute Gasteiger partial charge is 0.481 e. The highest BCUT2D eigenvalue weighted by Gasteiger charge is 2.26. The number of likely N-dealkylation sites (N-methyl/N-ethyl adjacent to an activating group) is 1. The number of hydrogen-bond acceptors (Lipinski definition) is 4. The Bertz CT molecular complexity index is 532. The molecule has 0 bridgehead atoms. The summed E-state index contributed by atoms with van der Waals surface area (Å²) in [4.78, 5) is 28.1. The third-order valence-corrected chi connectivity index (χ3v) is 4.25. The zero-order valence-corrected chi connectivity index (χ0v) is 15.9. The lowest BCUT2D eigenvalue weighted by Crippen LogP contribution is -2.47. The minimum Gasteiger partial charge on any atom is -0.481 e. The number of aliphatic carboxylic acids is 1. The molecule has 5 nitrogen and oxygen atoms in total. The van der Waals surface area contributed by atoms with Crippen LogP contribution >= 0.6 is 36.4 Å². The number of hydrogen-bond donors (Lipinski definition) is 1. The zero-order valence-electron chi connectivity index (χ0n) is 13.5. The van der Waals surface area contributed by atoms with Crippen LogP contribution in [-0.2, 0) is 4.79 Å². The van der Waals surface area contributed by atoms with Crippen molar-refractivity contribution < 1.29 is 14.7 Å². The van der Waals surface area contributed by atoms with Gasteiger partial charge in [-0.05, 0) is 31.3 Å². The molecule has 2 rings (SSSR count). The highest BCUT2D eigenvalue weighted by molar-refractivity contribution is 6.30. The van der Waals surface area contributed by atoms with E-state index >= 15 is 0 Å². The molecule has 1 aliphatic heterocycles. The number of rotatable bonds is 6. The van der Waals surface area contributed by atoms with Crippen LogP contribution in [0.4, 0.5) is 0 Å². The Morgan fingerprint density at radius 3 is 2.17 bits per heavy atom. The first-order chi connectivity index (χ1) is 10.5. The highest BCUT2D eigenvalue weighted by Crippen LogP contribution is 2.18. The zero-order chi connectivity index (χ0) is 16.1. The average Bonchev–Trinajstić information content (AvgIpc) is 2.48. The molecule has 0 saturated carbocycles. The van der Waals surface area contributed by atoms with Gasteiger partial charge in [0.25, 0.3) is 0 Å². The molecule has 1 heterocycles. The molecule has 1 N–H and O–H groups in total. The molecule has 0 spiro atoms.